The monoisotopic (exact) mass is 563 g/mol. The van der Waals surface area contributed by atoms with E-state index in [9.17, 15) is 12.8 Å². The fraction of sp³-hybridized carbons (Fsp3) is 0.435. The number of halogens is 4. The zero-order chi connectivity index (χ0) is 24.3. The van der Waals surface area contributed by atoms with Crippen LogP contribution < -0.4 is 10.1 Å². The number of sulfonamides is 1. The van der Waals surface area contributed by atoms with E-state index in [1.54, 1.807) is 6.07 Å². The lowest BCUT2D eigenvalue weighted by Gasteiger charge is -2.49. The largest absolute Gasteiger partial charge is 0.493 e. The summed E-state index contributed by atoms with van der Waals surface area (Å²) in [7, 11) is -3.82. The Morgan fingerprint density at radius 3 is 2.54 bits per heavy atom. The molecule has 0 spiro atoms. The van der Waals surface area contributed by atoms with E-state index < -0.39 is 21.3 Å². The van der Waals surface area contributed by atoms with Gasteiger partial charge in [-0.15, -0.1) is 12.4 Å². The van der Waals surface area contributed by atoms with Gasteiger partial charge >= 0.3 is 0 Å². The highest BCUT2D eigenvalue weighted by molar-refractivity contribution is 7.89. The average Bonchev–Trinajstić information content (AvgIpc) is 2.78. The number of nitrogens with zero attached hydrogens (tertiary/aromatic N) is 2. The van der Waals surface area contributed by atoms with E-state index in [0.717, 1.165) is 12.8 Å². The van der Waals surface area contributed by atoms with E-state index in [1.807, 2.05) is 0 Å². The Balaban J connectivity index is 0.00000342. The maximum Gasteiger partial charge on any atom is 0.244 e. The zero-order valence-corrected chi connectivity index (χ0v) is 21.8. The smallest absolute Gasteiger partial charge is 0.244 e. The lowest BCUT2D eigenvalue weighted by molar-refractivity contribution is 0.0105. The summed E-state index contributed by atoms with van der Waals surface area (Å²) in [4.78, 5) is -0.000336. The van der Waals surface area contributed by atoms with Crippen molar-refractivity contribution in [3.05, 3.63) is 57.8 Å². The topological polar surface area (TPSA) is 91.7 Å². The summed E-state index contributed by atoms with van der Waals surface area (Å²) in [5, 5.41) is 12.9. The fourth-order valence-corrected chi connectivity index (χ4v) is 6.54. The molecule has 0 radical (unpaired) electrons. The summed E-state index contributed by atoms with van der Waals surface area (Å²) in [6, 6.07) is 10.4. The minimum absolute atomic E-state index is 0. The first-order valence-corrected chi connectivity index (χ1v) is 13.0. The number of nitriles is 1. The quantitative estimate of drug-likeness (QED) is 0.515. The highest BCUT2D eigenvalue weighted by Gasteiger charge is 2.49. The van der Waals surface area contributed by atoms with Gasteiger partial charge in [-0.1, -0.05) is 23.2 Å². The SMILES string of the molecule is Cl.N#Cc1ccc(OCC2(CNC3CCOCC3)CN(S(=O)(=O)c3ccc(Cl)cc3Cl)C2)cc1F. The van der Waals surface area contributed by atoms with Gasteiger partial charge in [0.15, 0.2) is 0 Å². The van der Waals surface area contributed by atoms with Crippen molar-refractivity contribution >= 4 is 45.6 Å². The number of nitrogens with one attached hydrogen (secondary N) is 1. The van der Waals surface area contributed by atoms with Crippen LogP contribution in [0.1, 0.15) is 18.4 Å². The molecule has 0 amide bonds. The van der Waals surface area contributed by atoms with Crippen LogP contribution in [0.25, 0.3) is 0 Å². The fourth-order valence-electron chi connectivity index (χ4n) is 4.12. The first kappa shape index (κ1) is 27.9. The molecule has 0 bridgehead atoms. The predicted molar refractivity (Wildman–Crippen MR) is 133 cm³/mol. The molecule has 0 aromatic heterocycles. The minimum Gasteiger partial charge on any atom is -0.493 e. The zero-order valence-electron chi connectivity index (χ0n) is 18.7. The third kappa shape index (κ3) is 6.38. The van der Waals surface area contributed by atoms with E-state index in [0.29, 0.717) is 24.8 Å². The molecule has 0 aliphatic carbocycles. The van der Waals surface area contributed by atoms with Crippen LogP contribution in [0.4, 0.5) is 4.39 Å². The van der Waals surface area contributed by atoms with Gasteiger partial charge in [-0.2, -0.15) is 9.57 Å². The lowest BCUT2D eigenvalue weighted by atomic mass is 9.82. The van der Waals surface area contributed by atoms with Crippen molar-refractivity contribution in [2.24, 2.45) is 5.41 Å². The molecule has 0 atom stereocenters. The van der Waals surface area contributed by atoms with E-state index in [1.165, 1.54) is 40.7 Å². The van der Waals surface area contributed by atoms with Crippen LogP contribution in [0.3, 0.4) is 0 Å². The molecule has 35 heavy (non-hydrogen) atoms. The van der Waals surface area contributed by atoms with Crippen molar-refractivity contribution in [2.45, 2.75) is 23.8 Å². The molecule has 2 aliphatic rings. The summed E-state index contributed by atoms with van der Waals surface area (Å²) in [5.74, 6) is -0.381. The van der Waals surface area contributed by atoms with Gasteiger partial charge in [0.2, 0.25) is 10.0 Å². The highest BCUT2D eigenvalue weighted by Crippen LogP contribution is 2.38. The Morgan fingerprint density at radius 2 is 1.91 bits per heavy atom. The van der Waals surface area contributed by atoms with E-state index in [-0.39, 0.29) is 59.4 Å². The van der Waals surface area contributed by atoms with Crippen molar-refractivity contribution in [1.82, 2.24) is 9.62 Å². The van der Waals surface area contributed by atoms with Gasteiger partial charge in [0.1, 0.15) is 22.5 Å². The summed E-state index contributed by atoms with van der Waals surface area (Å²) < 4.78 is 53.0. The van der Waals surface area contributed by atoms with Crippen molar-refractivity contribution in [3.8, 4) is 11.8 Å². The standard InChI is InChI=1S/C23H24Cl2FN3O4S.ClH/c24-17-2-4-22(20(25)9-17)34(30,31)29-13-23(14-29,12-28-18-5-7-32-8-6-18)15-33-19-3-1-16(11-27)21(26)10-19;/h1-4,9-10,18,28H,5-8,12-15H2;1H. The van der Waals surface area contributed by atoms with E-state index in [4.69, 9.17) is 37.9 Å². The first-order chi connectivity index (χ1) is 16.2. The van der Waals surface area contributed by atoms with Crippen molar-refractivity contribution < 1.29 is 22.3 Å². The summed E-state index contributed by atoms with van der Waals surface area (Å²) >= 11 is 12.1. The van der Waals surface area contributed by atoms with Crippen molar-refractivity contribution in [3.63, 3.8) is 0 Å². The second-order valence-electron chi connectivity index (χ2n) is 8.66. The van der Waals surface area contributed by atoms with Gasteiger partial charge in [-0.3, -0.25) is 0 Å². The molecule has 2 aliphatic heterocycles. The van der Waals surface area contributed by atoms with E-state index in [2.05, 4.69) is 5.32 Å². The van der Waals surface area contributed by atoms with E-state index >= 15 is 0 Å². The maximum atomic E-state index is 14.0. The minimum atomic E-state index is -3.82. The summed E-state index contributed by atoms with van der Waals surface area (Å²) in [6.45, 7) is 2.49. The molecule has 0 unspecified atom stereocenters. The Labute approximate surface area is 220 Å². The Hall–Kier alpha value is -1.64. The molecule has 2 heterocycles. The molecule has 2 aromatic rings. The average molecular weight is 565 g/mol. The molecule has 7 nitrogen and oxygen atoms in total. The van der Waals surface area contributed by atoms with Crippen LogP contribution in [-0.4, -0.2) is 58.2 Å². The number of rotatable bonds is 8. The van der Waals surface area contributed by atoms with Crippen LogP contribution in [0.2, 0.25) is 10.0 Å². The van der Waals surface area contributed by atoms with Crippen molar-refractivity contribution in [1.29, 1.82) is 5.26 Å². The number of benzene rings is 2. The van der Waals surface area contributed by atoms with Gasteiger partial charge in [-0.25, -0.2) is 12.8 Å². The van der Waals surface area contributed by atoms with Gasteiger partial charge < -0.3 is 14.8 Å². The Bertz CT molecular complexity index is 1200. The number of ether oxygens (including phenoxy) is 2. The third-order valence-corrected chi connectivity index (χ3v) is 8.64. The third-order valence-electron chi connectivity index (χ3n) is 6.13. The van der Waals surface area contributed by atoms with Gasteiger partial charge in [0.25, 0.3) is 0 Å². The normalized spacial score (nSPS) is 18.2. The molecule has 1 N–H and O–H groups in total. The molecule has 0 saturated carbocycles. The van der Waals surface area contributed by atoms with Gasteiger partial charge in [-0.05, 0) is 43.2 Å². The molecule has 4 rings (SSSR count). The molecule has 190 valence electrons. The molecular formula is C23H25Cl3FN3O4S. The maximum absolute atomic E-state index is 14.0. The van der Waals surface area contributed by atoms with Crippen LogP contribution >= 0.6 is 35.6 Å². The molecule has 2 saturated heterocycles. The summed E-state index contributed by atoms with van der Waals surface area (Å²) in [5.41, 5.74) is -0.585. The van der Waals surface area contributed by atoms with Crippen LogP contribution in [0.15, 0.2) is 41.3 Å². The predicted octanol–water partition coefficient (Wildman–Crippen LogP) is 4.26. The highest BCUT2D eigenvalue weighted by atomic mass is 35.5. The van der Waals surface area contributed by atoms with Crippen LogP contribution in [-0.2, 0) is 14.8 Å². The van der Waals surface area contributed by atoms with Crippen LogP contribution in [0, 0.1) is 22.6 Å². The second-order valence-corrected chi connectivity index (χ2v) is 11.4. The summed E-state index contributed by atoms with van der Waals surface area (Å²) in [6.07, 6.45) is 1.75. The lowest BCUT2D eigenvalue weighted by Crippen LogP contribution is -2.65. The van der Waals surface area contributed by atoms with Gasteiger partial charge in [0.05, 0.1) is 17.2 Å². The molecule has 2 fully saturated rings. The number of hydrogen-bond acceptors (Lipinski definition) is 6. The first-order valence-electron chi connectivity index (χ1n) is 10.8. The van der Waals surface area contributed by atoms with Gasteiger partial charge in [0, 0.05) is 55.4 Å². The molecular weight excluding hydrogens is 540 g/mol. The second kappa shape index (κ2) is 11.6. The number of hydrogen-bond donors (Lipinski definition) is 1. The van der Waals surface area contributed by atoms with Crippen LogP contribution in [0.5, 0.6) is 5.75 Å². The molecule has 2 aromatic carbocycles. The Kier molecular flexibility index (Phi) is 9.27. The Morgan fingerprint density at radius 1 is 1.20 bits per heavy atom. The van der Waals surface area contributed by atoms with Crippen molar-refractivity contribution in [2.75, 3.05) is 39.5 Å². The molecule has 12 heteroatoms.